The van der Waals surface area contributed by atoms with E-state index in [-0.39, 0.29) is 6.10 Å². The van der Waals surface area contributed by atoms with Crippen LogP contribution < -0.4 is 4.74 Å². The van der Waals surface area contributed by atoms with Gasteiger partial charge in [-0.3, -0.25) is 0 Å². The van der Waals surface area contributed by atoms with Crippen LogP contribution in [-0.2, 0) is 19.1 Å². The fourth-order valence-corrected chi connectivity index (χ4v) is 5.39. The molecule has 1 unspecified atom stereocenters. The van der Waals surface area contributed by atoms with Gasteiger partial charge in [-0.1, -0.05) is 60.7 Å². The first kappa shape index (κ1) is 26.1. The minimum absolute atomic E-state index is 0.250. The Labute approximate surface area is 222 Å². The van der Waals surface area contributed by atoms with Gasteiger partial charge in [-0.25, -0.2) is 0 Å². The lowest BCUT2D eigenvalue weighted by Crippen LogP contribution is -2.27. The quantitative estimate of drug-likeness (QED) is 0.214. The fraction of sp³-hybridized carbons (Fsp3) is 0.312. The van der Waals surface area contributed by atoms with Crippen LogP contribution in [0.1, 0.15) is 52.9 Å². The molecular weight excluding hydrogens is 485 g/mol. The van der Waals surface area contributed by atoms with Gasteiger partial charge in [0.2, 0.25) is 0 Å². The van der Waals surface area contributed by atoms with E-state index < -0.39 is 11.7 Å². The molecule has 3 nitrogen and oxygen atoms in total. The topological polar surface area (TPSA) is 17.4 Å². The maximum absolute atomic E-state index is 13.0. The molecule has 2 heterocycles. The normalized spacial score (nSPS) is 16.0. The third kappa shape index (κ3) is 6.30. The van der Waals surface area contributed by atoms with Crippen molar-refractivity contribution in [2.24, 2.45) is 0 Å². The van der Waals surface area contributed by atoms with Gasteiger partial charge in [-0.2, -0.15) is 13.2 Å². The van der Waals surface area contributed by atoms with Crippen LogP contribution in [0.3, 0.4) is 0 Å². The van der Waals surface area contributed by atoms with Gasteiger partial charge < -0.3 is 14.2 Å². The van der Waals surface area contributed by atoms with E-state index in [4.69, 9.17) is 4.74 Å². The van der Waals surface area contributed by atoms with Crippen LogP contribution in [0, 0.1) is 0 Å². The molecule has 0 amide bonds. The van der Waals surface area contributed by atoms with Crippen LogP contribution in [0.4, 0.5) is 13.2 Å². The van der Waals surface area contributed by atoms with Crippen molar-refractivity contribution < 1.29 is 17.9 Å². The van der Waals surface area contributed by atoms with Crippen LogP contribution in [0.5, 0.6) is 5.75 Å². The van der Waals surface area contributed by atoms with Gasteiger partial charge in [0.05, 0.1) is 5.56 Å². The smallest absolute Gasteiger partial charge is 0.416 e. The molecule has 5 rings (SSSR count). The lowest BCUT2D eigenvalue weighted by atomic mass is 10.0. The molecule has 38 heavy (non-hydrogen) atoms. The van der Waals surface area contributed by atoms with Crippen LogP contribution in [0.15, 0.2) is 97.1 Å². The molecule has 1 aliphatic rings. The van der Waals surface area contributed by atoms with Gasteiger partial charge >= 0.3 is 6.18 Å². The molecular formula is C32H33F3N2O. The average Bonchev–Trinajstić information content (AvgIpc) is 3.50. The SMILES string of the molecule is CN(CC[C@H](Oc1ccc(C(F)(F)F)cc1)c1ccccc1)CC1CCn2c(Cc3ccccc3)ccc21. The van der Waals surface area contributed by atoms with Gasteiger partial charge in [0.1, 0.15) is 11.9 Å². The average molecular weight is 519 g/mol. The second-order valence-electron chi connectivity index (χ2n) is 10.1. The summed E-state index contributed by atoms with van der Waals surface area (Å²) in [6, 6.07) is 30.0. The van der Waals surface area contributed by atoms with Crippen LogP contribution in [0.2, 0.25) is 0 Å². The predicted octanol–water partition coefficient (Wildman–Crippen LogP) is 7.73. The number of ether oxygens (including phenoxy) is 1. The molecule has 1 aliphatic heterocycles. The summed E-state index contributed by atoms with van der Waals surface area (Å²) in [6.45, 7) is 2.82. The van der Waals surface area contributed by atoms with Crippen LogP contribution in [0.25, 0.3) is 0 Å². The van der Waals surface area contributed by atoms with E-state index in [9.17, 15) is 13.2 Å². The third-order valence-corrected chi connectivity index (χ3v) is 7.39. The molecule has 0 fully saturated rings. The number of fused-ring (bicyclic) bond motifs is 1. The Balaban J connectivity index is 1.21. The van der Waals surface area contributed by atoms with Crippen molar-refractivity contribution in [2.45, 2.75) is 44.0 Å². The molecule has 198 valence electrons. The van der Waals surface area contributed by atoms with Crippen molar-refractivity contribution >= 4 is 0 Å². The largest absolute Gasteiger partial charge is 0.486 e. The zero-order valence-electron chi connectivity index (χ0n) is 21.6. The van der Waals surface area contributed by atoms with E-state index in [0.29, 0.717) is 11.7 Å². The third-order valence-electron chi connectivity index (χ3n) is 7.39. The summed E-state index contributed by atoms with van der Waals surface area (Å²) >= 11 is 0. The fourth-order valence-electron chi connectivity index (χ4n) is 5.39. The number of aromatic nitrogens is 1. The first-order valence-electron chi connectivity index (χ1n) is 13.2. The van der Waals surface area contributed by atoms with E-state index in [0.717, 1.165) is 56.6 Å². The number of rotatable bonds is 10. The van der Waals surface area contributed by atoms with Gasteiger partial charge in [-0.05, 0) is 61.0 Å². The lowest BCUT2D eigenvalue weighted by Gasteiger charge is -2.25. The van der Waals surface area contributed by atoms with Gasteiger partial charge in [0.25, 0.3) is 0 Å². The van der Waals surface area contributed by atoms with Crippen molar-refractivity contribution in [3.8, 4) is 5.75 Å². The zero-order chi connectivity index (χ0) is 26.5. The summed E-state index contributed by atoms with van der Waals surface area (Å²) in [5, 5.41) is 0. The van der Waals surface area contributed by atoms with Gasteiger partial charge in [0, 0.05) is 49.8 Å². The zero-order valence-corrected chi connectivity index (χ0v) is 21.6. The summed E-state index contributed by atoms with van der Waals surface area (Å²) in [7, 11) is 2.14. The summed E-state index contributed by atoms with van der Waals surface area (Å²) in [5.41, 5.74) is 4.44. The highest BCUT2D eigenvalue weighted by molar-refractivity contribution is 5.31. The first-order chi connectivity index (χ1) is 18.4. The summed E-state index contributed by atoms with van der Waals surface area (Å²) in [4.78, 5) is 2.34. The molecule has 1 aromatic heterocycles. The molecule has 0 aliphatic carbocycles. The Morgan fingerprint density at radius 2 is 1.58 bits per heavy atom. The molecule has 6 heteroatoms. The van der Waals surface area contributed by atoms with E-state index in [1.165, 1.54) is 29.1 Å². The number of nitrogens with zero attached hydrogens (tertiary/aromatic N) is 2. The maximum atomic E-state index is 13.0. The molecule has 0 radical (unpaired) electrons. The number of halogens is 3. The molecule has 4 aromatic rings. The highest BCUT2D eigenvalue weighted by Gasteiger charge is 2.30. The van der Waals surface area contributed by atoms with E-state index in [1.54, 1.807) is 0 Å². The van der Waals surface area contributed by atoms with Gasteiger partial charge in [0.15, 0.2) is 0 Å². The Bertz CT molecular complexity index is 1300. The van der Waals surface area contributed by atoms with Crippen molar-refractivity contribution in [3.05, 3.63) is 125 Å². The molecule has 0 saturated carbocycles. The minimum atomic E-state index is -4.36. The second kappa shape index (κ2) is 11.5. The summed E-state index contributed by atoms with van der Waals surface area (Å²) < 4.78 is 47.6. The van der Waals surface area contributed by atoms with Crippen LogP contribution >= 0.6 is 0 Å². The van der Waals surface area contributed by atoms with Crippen molar-refractivity contribution in [1.82, 2.24) is 9.47 Å². The highest BCUT2D eigenvalue weighted by atomic mass is 19.4. The molecule has 2 atom stereocenters. The van der Waals surface area contributed by atoms with Crippen molar-refractivity contribution in [1.29, 1.82) is 0 Å². The second-order valence-corrected chi connectivity index (χ2v) is 10.1. The summed E-state index contributed by atoms with van der Waals surface area (Å²) in [6.07, 6.45) is -1.80. The monoisotopic (exact) mass is 518 g/mol. The number of benzene rings is 3. The Hall–Kier alpha value is -3.51. The lowest BCUT2D eigenvalue weighted by molar-refractivity contribution is -0.137. The number of hydrogen-bond acceptors (Lipinski definition) is 2. The Morgan fingerprint density at radius 3 is 2.26 bits per heavy atom. The van der Waals surface area contributed by atoms with E-state index >= 15 is 0 Å². The highest BCUT2D eigenvalue weighted by Crippen LogP contribution is 2.34. The van der Waals surface area contributed by atoms with Crippen molar-refractivity contribution in [3.63, 3.8) is 0 Å². The van der Waals surface area contributed by atoms with Crippen molar-refractivity contribution in [2.75, 3.05) is 20.1 Å². The Kier molecular flexibility index (Phi) is 7.89. The van der Waals surface area contributed by atoms with E-state index in [1.807, 2.05) is 30.3 Å². The standard InChI is InChI=1S/C32H33F3N2O/c1-36(23-26-18-21-37-28(14-17-30(26)37)22-24-8-4-2-5-9-24)20-19-31(25-10-6-3-7-11-25)38-29-15-12-27(13-16-29)32(33,34)35/h2-17,26,31H,18-23H2,1H3/t26?,31-/m0/s1. The van der Waals surface area contributed by atoms with Gasteiger partial charge in [-0.15, -0.1) is 0 Å². The Morgan fingerprint density at radius 1 is 0.895 bits per heavy atom. The molecule has 0 saturated heterocycles. The molecule has 0 spiro atoms. The number of likely N-dealkylation sites (N-methyl/N-ethyl adjacent to an activating group) is 1. The number of alkyl halides is 3. The predicted molar refractivity (Wildman–Crippen MR) is 144 cm³/mol. The first-order valence-corrected chi connectivity index (χ1v) is 13.2. The van der Waals surface area contributed by atoms with E-state index in [2.05, 4.69) is 59.0 Å². The summed E-state index contributed by atoms with van der Waals surface area (Å²) in [5.74, 6) is 0.921. The minimum Gasteiger partial charge on any atom is -0.486 e. The molecule has 0 N–H and O–H groups in total. The maximum Gasteiger partial charge on any atom is 0.416 e. The molecule has 3 aromatic carbocycles. The van der Waals surface area contributed by atoms with Crippen LogP contribution in [-0.4, -0.2) is 29.6 Å². The molecule has 0 bridgehead atoms. The number of hydrogen-bond donors (Lipinski definition) is 0.